The Morgan fingerprint density at radius 1 is 1.37 bits per heavy atom. The summed E-state index contributed by atoms with van der Waals surface area (Å²) in [4.78, 5) is 8.00. The fraction of sp³-hybridized carbons (Fsp3) is 0.231. The van der Waals surface area contributed by atoms with E-state index in [-0.39, 0.29) is 5.82 Å². The van der Waals surface area contributed by atoms with Crippen molar-refractivity contribution >= 4 is 27.5 Å². The van der Waals surface area contributed by atoms with Gasteiger partial charge in [-0.05, 0) is 12.1 Å². The summed E-state index contributed by atoms with van der Waals surface area (Å²) in [5.74, 6) is 0.126. The van der Waals surface area contributed by atoms with Crippen LogP contribution in [0.25, 0.3) is 0 Å². The lowest BCUT2D eigenvalue weighted by Crippen LogP contribution is -2.02. The van der Waals surface area contributed by atoms with Gasteiger partial charge in [0.2, 0.25) is 5.88 Å². The molecule has 100 valence electrons. The molecule has 0 aliphatic rings. The van der Waals surface area contributed by atoms with E-state index in [4.69, 9.17) is 16.3 Å². The molecule has 2 rings (SSSR count). The average molecular weight is 346 g/mol. The molecular weight excluding hydrogens is 335 g/mol. The number of rotatable bonds is 4. The number of ether oxygens (including phenoxy) is 1. The molecule has 1 atom stereocenters. The van der Waals surface area contributed by atoms with Gasteiger partial charge in [-0.2, -0.15) is 0 Å². The van der Waals surface area contributed by atoms with E-state index in [2.05, 4.69) is 25.9 Å². The third kappa shape index (κ3) is 3.64. The lowest BCUT2D eigenvalue weighted by atomic mass is 10.1. The molecule has 3 nitrogen and oxygen atoms in total. The van der Waals surface area contributed by atoms with Crippen molar-refractivity contribution in [2.75, 3.05) is 7.11 Å². The normalized spacial score (nSPS) is 12.2. The Morgan fingerprint density at radius 3 is 2.84 bits per heavy atom. The van der Waals surface area contributed by atoms with Gasteiger partial charge in [-0.25, -0.2) is 14.4 Å². The average Bonchev–Trinajstić information content (AvgIpc) is 2.38. The Labute approximate surface area is 123 Å². The minimum atomic E-state index is -0.493. The largest absolute Gasteiger partial charge is 0.481 e. The van der Waals surface area contributed by atoms with Crippen LogP contribution < -0.4 is 4.74 Å². The molecule has 0 radical (unpaired) electrons. The summed E-state index contributed by atoms with van der Waals surface area (Å²) >= 11 is 9.45. The highest BCUT2D eigenvalue weighted by molar-refractivity contribution is 9.10. The van der Waals surface area contributed by atoms with Gasteiger partial charge in [-0.3, -0.25) is 0 Å². The molecule has 1 heterocycles. The van der Waals surface area contributed by atoms with Crippen LogP contribution in [-0.4, -0.2) is 17.1 Å². The van der Waals surface area contributed by atoms with E-state index < -0.39 is 5.38 Å². The van der Waals surface area contributed by atoms with Crippen LogP contribution >= 0.6 is 27.5 Å². The van der Waals surface area contributed by atoms with Gasteiger partial charge in [0, 0.05) is 28.2 Å². The number of nitrogens with zero attached hydrogens (tertiary/aromatic N) is 2. The summed E-state index contributed by atoms with van der Waals surface area (Å²) in [6.45, 7) is 0. The monoisotopic (exact) mass is 344 g/mol. The zero-order valence-electron chi connectivity index (χ0n) is 10.1. The van der Waals surface area contributed by atoms with Crippen molar-refractivity contribution < 1.29 is 9.13 Å². The SMILES string of the molecule is COc1cc(CC(Cl)c2ccc(Br)cc2F)ncn1. The lowest BCUT2D eigenvalue weighted by molar-refractivity contribution is 0.396. The first kappa shape index (κ1) is 14.2. The molecule has 6 heteroatoms. The van der Waals surface area contributed by atoms with E-state index in [1.54, 1.807) is 18.2 Å². The van der Waals surface area contributed by atoms with Crippen molar-refractivity contribution in [1.82, 2.24) is 9.97 Å². The van der Waals surface area contributed by atoms with Crippen molar-refractivity contribution in [1.29, 1.82) is 0 Å². The predicted octanol–water partition coefficient (Wildman–Crippen LogP) is 3.91. The predicted molar refractivity (Wildman–Crippen MR) is 75.0 cm³/mol. The smallest absolute Gasteiger partial charge is 0.216 e. The van der Waals surface area contributed by atoms with Gasteiger partial charge >= 0.3 is 0 Å². The molecule has 0 N–H and O–H groups in total. The van der Waals surface area contributed by atoms with Crippen molar-refractivity contribution in [3.05, 3.63) is 52.1 Å². The molecule has 19 heavy (non-hydrogen) atoms. The summed E-state index contributed by atoms with van der Waals surface area (Å²) < 4.78 is 19.5. The number of alkyl halides is 1. The van der Waals surface area contributed by atoms with Crippen LogP contribution in [-0.2, 0) is 6.42 Å². The number of hydrogen-bond acceptors (Lipinski definition) is 3. The Bertz CT molecular complexity index is 582. The number of methoxy groups -OCH3 is 1. The minimum absolute atomic E-state index is 0.338. The second-order valence-electron chi connectivity index (χ2n) is 3.89. The van der Waals surface area contributed by atoms with Gasteiger partial charge in [-0.15, -0.1) is 11.6 Å². The summed E-state index contributed by atoms with van der Waals surface area (Å²) in [6, 6.07) is 6.50. The molecule has 1 aromatic carbocycles. The Morgan fingerprint density at radius 2 is 2.16 bits per heavy atom. The maximum Gasteiger partial charge on any atom is 0.216 e. The molecule has 2 aromatic rings. The standard InChI is InChI=1S/C13H11BrClFN2O/c1-19-13-6-9(17-7-18-13)5-11(15)10-3-2-8(14)4-12(10)16/h2-4,6-7,11H,5H2,1H3. The van der Waals surface area contributed by atoms with Gasteiger partial charge in [0.05, 0.1) is 12.5 Å². The quantitative estimate of drug-likeness (QED) is 0.788. The number of hydrogen-bond donors (Lipinski definition) is 0. The molecular formula is C13H11BrClFN2O. The first-order valence-corrected chi connectivity index (χ1v) is 6.77. The molecule has 0 aliphatic heterocycles. The van der Waals surface area contributed by atoms with E-state index in [1.807, 2.05) is 0 Å². The van der Waals surface area contributed by atoms with Crippen molar-refractivity contribution in [3.8, 4) is 5.88 Å². The Hall–Kier alpha value is -1.20. The first-order chi connectivity index (χ1) is 9.10. The van der Waals surface area contributed by atoms with Crippen LogP contribution in [0, 0.1) is 5.82 Å². The molecule has 1 unspecified atom stereocenters. The van der Waals surface area contributed by atoms with E-state index >= 15 is 0 Å². The number of halogens is 3. The summed E-state index contributed by atoms with van der Waals surface area (Å²) in [7, 11) is 1.53. The highest BCUT2D eigenvalue weighted by Gasteiger charge is 2.15. The maximum absolute atomic E-state index is 13.8. The summed E-state index contributed by atoms with van der Waals surface area (Å²) in [5.41, 5.74) is 1.15. The van der Waals surface area contributed by atoms with E-state index in [0.29, 0.717) is 28.0 Å². The topological polar surface area (TPSA) is 35.0 Å². The van der Waals surface area contributed by atoms with Crippen LogP contribution in [0.4, 0.5) is 4.39 Å². The van der Waals surface area contributed by atoms with E-state index in [1.165, 1.54) is 19.5 Å². The zero-order valence-corrected chi connectivity index (χ0v) is 12.4. The fourth-order valence-electron chi connectivity index (χ4n) is 1.65. The molecule has 0 saturated carbocycles. The van der Waals surface area contributed by atoms with Gasteiger partial charge in [0.1, 0.15) is 12.1 Å². The Kier molecular flexibility index (Phi) is 4.71. The lowest BCUT2D eigenvalue weighted by Gasteiger charge is -2.11. The highest BCUT2D eigenvalue weighted by atomic mass is 79.9. The first-order valence-electron chi connectivity index (χ1n) is 5.54. The third-order valence-electron chi connectivity index (χ3n) is 2.60. The van der Waals surface area contributed by atoms with E-state index in [9.17, 15) is 4.39 Å². The highest BCUT2D eigenvalue weighted by Crippen LogP contribution is 2.28. The van der Waals surface area contributed by atoms with Crippen LogP contribution in [0.2, 0.25) is 0 Å². The van der Waals surface area contributed by atoms with Crippen molar-refractivity contribution in [3.63, 3.8) is 0 Å². The second kappa shape index (κ2) is 6.30. The molecule has 0 spiro atoms. The Balaban J connectivity index is 2.17. The van der Waals surface area contributed by atoms with Gasteiger partial charge in [0.25, 0.3) is 0 Å². The van der Waals surface area contributed by atoms with Crippen LogP contribution in [0.1, 0.15) is 16.6 Å². The molecule has 0 bridgehead atoms. The van der Waals surface area contributed by atoms with Gasteiger partial charge in [-0.1, -0.05) is 22.0 Å². The van der Waals surface area contributed by atoms with Crippen LogP contribution in [0.3, 0.4) is 0 Å². The molecule has 0 aliphatic carbocycles. The summed E-state index contributed by atoms with van der Waals surface area (Å²) in [5, 5.41) is -0.493. The van der Waals surface area contributed by atoms with Crippen LogP contribution in [0.5, 0.6) is 5.88 Å². The zero-order chi connectivity index (χ0) is 13.8. The summed E-state index contributed by atoms with van der Waals surface area (Å²) in [6.07, 6.45) is 1.80. The maximum atomic E-state index is 13.8. The van der Waals surface area contributed by atoms with E-state index in [0.717, 1.165) is 0 Å². The molecule has 0 amide bonds. The minimum Gasteiger partial charge on any atom is -0.481 e. The number of aromatic nitrogens is 2. The van der Waals surface area contributed by atoms with Crippen LogP contribution in [0.15, 0.2) is 35.1 Å². The van der Waals surface area contributed by atoms with Crippen molar-refractivity contribution in [2.45, 2.75) is 11.8 Å². The number of benzene rings is 1. The van der Waals surface area contributed by atoms with Gasteiger partial charge < -0.3 is 4.74 Å². The molecule has 0 saturated heterocycles. The second-order valence-corrected chi connectivity index (χ2v) is 5.33. The van der Waals surface area contributed by atoms with Crippen molar-refractivity contribution in [2.24, 2.45) is 0 Å². The molecule has 1 aromatic heterocycles. The van der Waals surface area contributed by atoms with Gasteiger partial charge in [0.15, 0.2) is 0 Å². The molecule has 0 fully saturated rings. The fourth-order valence-corrected chi connectivity index (χ4v) is 2.32. The third-order valence-corrected chi connectivity index (χ3v) is 3.48.